The lowest BCUT2D eigenvalue weighted by Gasteiger charge is -2.21. The molecule has 4 nitrogen and oxygen atoms in total. The number of carbonyl (C=O) groups is 1. The summed E-state index contributed by atoms with van der Waals surface area (Å²) in [5, 5.41) is 8.50. The molecular weight excluding hydrogens is 300 g/mol. The van der Waals surface area contributed by atoms with Crippen LogP contribution in [0.4, 0.5) is 0 Å². The fraction of sp³-hybridized carbons (Fsp3) is 0.350. The number of rotatable bonds is 7. The van der Waals surface area contributed by atoms with Crippen molar-refractivity contribution in [1.29, 1.82) is 0 Å². The molecular formula is C20H26N2O2. The Balaban J connectivity index is 2.20. The minimum atomic E-state index is -0.266. The van der Waals surface area contributed by atoms with Crippen LogP contribution in [0.2, 0.25) is 0 Å². The van der Waals surface area contributed by atoms with Crippen LogP contribution in [0.5, 0.6) is 5.75 Å². The van der Waals surface area contributed by atoms with E-state index in [-0.39, 0.29) is 18.1 Å². The molecule has 24 heavy (non-hydrogen) atoms. The zero-order chi connectivity index (χ0) is 17.6. The molecule has 0 aliphatic carbocycles. The van der Waals surface area contributed by atoms with Gasteiger partial charge < -0.3 is 15.4 Å². The molecule has 2 rings (SSSR count). The van der Waals surface area contributed by atoms with Crippen LogP contribution < -0.4 is 15.4 Å². The van der Waals surface area contributed by atoms with E-state index in [0.717, 1.165) is 22.1 Å². The number of ether oxygens (including phenoxy) is 1. The highest BCUT2D eigenvalue weighted by Crippen LogP contribution is 2.28. The molecule has 0 aromatic heterocycles. The van der Waals surface area contributed by atoms with Crippen molar-refractivity contribution < 1.29 is 9.53 Å². The molecule has 0 spiro atoms. The molecule has 0 aliphatic rings. The van der Waals surface area contributed by atoms with Crippen LogP contribution in [-0.2, 0) is 11.3 Å². The summed E-state index contributed by atoms with van der Waals surface area (Å²) in [7, 11) is 0. The van der Waals surface area contributed by atoms with E-state index in [0.29, 0.717) is 13.1 Å². The van der Waals surface area contributed by atoms with Crippen LogP contribution in [0.25, 0.3) is 10.8 Å². The maximum Gasteiger partial charge on any atom is 0.258 e. The van der Waals surface area contributed by atoms with Gasteiger partial charge in [-0.15, -0.1) is 6.58 Å². The standard InChI is InChI=1S/C20H26N2O2/c1-5-12-21-13-17-16-9-7-6-8-15(16)10-11-18(17)24-14-19(23)22-20(2,3)4/h5-11,21H,1,12-14H2,2-4H3,(H,22,23). The van der Waals surface area contributed by atoms with Gasteiger partial charge in [-0.25, -0.2) is 0 Å². The molecule has 0 heterocycles. The first kappa shape index (κ1) is 18.0. The second-order valence-corrected chi connectivity index (χ2v) is 6.77. The van der Waals surface area contributed by atoms with Crippen LogP contribution in [0, 0.1) is 0 Å². The lowest BCUT2D eigenvalue weighted by atomic mass is 10.0. The predicted molar refractivity (Wildman–Crippen MR) is 99.2 cm³/mol. The summed E-state index contributed by atoms with van der Waals surface area (Å²) in [6.07, 6.45) is 1.82. The highest BCUT2D eigenvalue weighted by molar-refractivity contribution is 5.88. The van der Waals surface area contributed by atoms with Gasteiger partial charge in [-0.05, 0) is 37.6 Å². The molecule has 0 atom stereocenters. The summed E-state index contributed by atoms with van der Waals surface area (Å²) < 4.78 is 5.81. The zero-order valence-corrected chi connectivity index (χ0v) is 14.7. The van der Waals surface area contributed by atoms with Gasteiger partial charge in [0.05, 0.1) is 0 Å². The number of benzene rings is 2. The number of nitrogens with one attached hydrogen (secondary N) is 2. The Hall–Kier alpha value is -2.33. The van der Waals surface area contributed by atoms with Crippen LogP contribution in [0.3, 0.4) is 0 Å². The largest absolute Gasteiger partial charge is 0.483 e. The minimum Gasteiger partial charge on any atom is -0.483 e. The molecule has 0 bridgehead atoms. The molecule has 2 aromatic carbocycles. The summed E-state index contributed by atoms with van der Waals surface area (Å²) in [6.45, 7) is 10.9. The summed E-state index contributed by atoms with van der Waals surface area (Å²) in [6, 6.07) is 12.1. The smallest absolute Gasteiger partial charge is 0.258 e. The fourth-order valence-electron chi connectivity index (χ4n) is 2.53. The average Bonchev–Trinajstić information content (AvgIpc) is 2.52. The molecule has 0 saturated heterocycles. The molecule has 0 fully saturated rings. The predicted octanol–water partition coefficient (Wildman–Crippen LogP) is 3.41. The van der Waals surface area contributed by atoms with E-state index in [1.807, 2.05) is 51.1 Å². The van der Waals surface area contributed by atoms with Gasteiger partial charge in [0.1, 0.15) is 5.75 Å². The Morgan fingerprint density at radius 2 is 1.96 bits per heavy atom. The van der Waals surface area contributed by atoms with Gasteiger partial charge in [0.2, 0.25) is 0 Å². The SMILES string of the molecule is C=CCNCc1c(OCC(=O)NC(C)(C)C)ccc2ccccc12. The Bertz CT molecular complexity index is 717. The van der Waals surface area contributed by atoms with Crippen LogP contribution in [0.1, 0.15) is 26.3 Å². The molecule has 128 valence electrons. The Morgan fingerprint density at radius 1 is 1.21 bits per heavy atom. The van der Waals surface area contributed by atoms with Crippen molar-refractivity contribution in [3.05, 3.63) is 54.6 Å². The van der Waals surface area contributed by atoms with E-state index in [9.17, 15) is 4.79 Å². The lowest BCUT2D eigenvalue weighted by Crippen LogP contribution is -2.43. The maximum atomic E-state index is 12.0. The van der Waals surface area contributed by atoms with Crippen LogP contribution in [0.15, 0.2) is 49.1 Å². The average molecular weight is 326 g/mol. The zero-order valence-electron chi connectivity index (χ0n) is 14.7. The van der Waals surface area contributed by atoms with Gasteiger partial charge in [-0.2, -0.15) is 0 Å². The normalized spacial score (nSPS) is 11.3. The first-order chi connectivity index (χ1) is 11.4. The topological polar surface area (TPSA) is 50.4 Å². The highest BCUT2D eigenvalue weighted by Gasteiger charge is 2.15. The number of hydrogen-bond donors (Lipinski definition) is 2. The number of fused-ring (bicyclic) bond motifs is 1. The van der Waals surface area contributed by atoms with E-state index in [4.69, 9.17) is 4.74 Å². The fourth-order valence-corrected chi connectivity index (χ4v) is 2.53. The quantitative estimate of drug-likeness (QED) is 0.605. The minimum absolute atomic E-state index is 0.00404. The van der Waals surface area contributed by atoms with Crippen molar-refractivity contribution >= 4 is 16.7 Å². The highest BCUT2D eigenvalue weighted by atomic mass is 16.5. The van der Waals surface area contributed by atoms with E-state index in [1.54, 1.807) is 0 Å². The Kier molecular flexibility index (Phi) is 5.99. The lowest BCUT2D eigenvalue weighted by molar-refractivity contribution is -0.124. The molecule has 2 aromatic rings. The van der Waals surface area contributed by atoms with Crippen LogP contribution >= 0.6 is 0 Å². The first-order valence-corrected chi connectivity index (χ1v) is 8.17. The summed E-state index contributed by atoms with van der Waals surface area (Å²) >= 11 is 0. The van der Waals surface area contributed by atoms with Crippen molar-refractivity contribution in [2.45, 2.75) is 32.9 Å². The molecule has 0 unspecified atom stereocenters. The summed E-state index contributed by atoms with van der Waals surface area (Å²) in [4.78, 5) is 12.0. The third-order valence-corrected chi connectivity index (χ3v) is 3.46. The van der Waals surface area contributed by atoms with E-state index in [2.05, 4.69) is 29.3 Å². The number of hydrogen-bond acceptors (Lipinski definition) is 3. The Labute approximate surface area is 143 Å². The van der Waals surface area contributed by atoms with Crippen molar-refractivity contribution in [3.63, 3.8) is 0 Å². The summed E-state index contributed by atoms with van der Waals surface area (Å²) in [5.41, 5.74) is 0.788. The maximum absolute atomic E-state index is 12.0. The second-order valence-electron chi connectivity index (χ2n) is 6.77. The van der Waals surface area contributed by atoms with Crippen molar-refractivity contribution in [2.24, 2.45) is 0 Å². The number of amides is 1. The monoisotopic (exact) mass is 326 g/mol. The van der Waals surface area contributed by atoms with Gasteiger partial charge >= 0.3 is 0 Å². The van der Waals surface area contributed by atoms with E-state index >= 15 is 0 Å². The molecule has 0 radical (unpaired) electrons. The van der Waals surface area contributed by atoms with E-state index < -0.39 is 0 Å². The molecule has 2 N–H and O–H groups in total. The number of carbonyl (C=O) groups excluding carboxylic acids is 1. The molecule has 0 saturated carbocycles. The summed E-state index contributed by atoms with van der Waals surface area (Å²) in [5.74, 6) is 0.606. The third kappa shape index (κ3) is 5.10. The third-order valence-electron chi connectivity index (χ3n) is 3.46. The van der Waals surface area contributed by atoms with Gasteiger partial charge in [0.25, 0.3) is 5.91 Å². The van der Waals surface area contributed by atoms with Gasteiger partial charge in [0.15, 0.2) is 6.61 Å². The first-order valence-electron chi connectivity index (χ1n) is 8.17. The van der Waals surface area contributed by atoms with Crippen molar-refractivity contribution in [2.75, 3.05) is 13.2 Å². The van der Waals surface area contributed by atoms with Gasteiger partial charge in [-0.3, -0.25) is 4.79 Å². The molecule has 1 amide bonds. The van der Waals surface area contributed by atoms with Crippen molar-refractivity contribution in [1.82, 2.24) is 10.6 Å². The van der Waals surface area contributed by atoms with Gasteiger partial charge in [-0.1, -0.05) is 36.4 Å². The second kappa shape index (κ2) is 7.97. The van der Waals surface area contributed by atoms with Gasteiger partial charge in [0, 0.05) is 24.2 Å². The molecule has 0 aliphatic heterocycles. The van der Waals surface area contributed by atoms with Crippen LogP contribution in [-0.4, -0.2) is 24.6 Å². The Morgan fingerprint density at radius 3 is 2.67 bits per heavy atom. The van der Waals surface area contributed by atoms with Crippen molar-refractivity contribution in [3.8, 4) is 5.75 Å². The molecule has 4 heteroatoms. The van der Waals surface area contributed by atoms with E-state index in [1.165, 1.54) is 0 Å².